The molecule has 4 heteroatoms. The van der Waals surface area contributed by atoms with Crippen LogP contribution in [0.25, 0.3) is 0 Å². The first kappa shape index (κ1) is 13.9. The number of aliphatic hydroxyl groups is 1. The highest BCUT2D eigenvalue weighted by Crippen LogP contribution is 2.44. The highest BCUT2D eigenvalue weighted by molar-refractivity contribution is 5.42. The first-order valence-electron chi connectivity index (χ1n) is 6.56. The van der Waals surface area contributed by atoms with Crippen molar-refractivity contribution < 1.29 is 9.84 Å². The van der Waals surface area contributed by atoms with E-state index in [1.54, 1.807) is 18.2 Å². The van der Waals surface area contributed by atoms with Crippen LogP contribution in [0.2, 0.25) is 0 Å². The molecular weight excluding hydrogens is 240 g/mol. The zero-order valence-electron chi connectivity index (χ0n) is 11.4. The van der Waals surface area contributed by atoms with Crippen LogP contribution in [-0.4, -0.2) is 30.4 Å². The third-order valence-corrected chi connectivity index (χ3v) is 3.55. The monoisotopic (exact) mass is 260 g/mol. The molecule has 1 aliphatic rings. The van der Waals surface area contributed by atoms with Gasteiger partial charge in [0.05, 0.1) is 5.56 Å². The highest BCUT2D eigenvalue weighted by atomic mass is 16.5. The molecule has 0 spiro atoms. The maximum absolute atomic E-state index is 9.85. The van der Waals surface area contributed by atoms with E-state index in [1.165, 1.54) is 0 Å². The van der Waals surface area contributed by atoms with Gasteiger partial charge in [0.2, 0.25) is 0 Å². The summed E-state index contributed by atoms with van der Waals surface area (Å²) in [7, 11) is 0. The second-order valence-electron chi connectivity index (χ2n) is 5.73. The maximum Gasteiger partial charge on any atom is 0.137 e. The summed E-state index contributed by atoms with van der Waals surface area (Å²) >= 11 is 0. The number of aliphatic hydroxyl groups excluding tert-OH is 1. The zero-order valence-corrected chi connectivity index (χ0v) is 11.4. The molecular formula is C15H20N2O2. The van der Waals surface area contributed by atoms with Crippen LogP contribution in [0.15, 0.2) is 24.3 Å². The zero-order chi connectivity index (χ0) is 13.9. The van der Waals surface area contributed by atoms with Crippen LogP contribution in [0.5, 0.6) is 5.75 Å². The lowest BCUT2D eigenvalue weighted by Crippen LogP contribution is -2.34. The van der Waals surface area contributed by atoms with Gasteiger partial charge in [-0.3, -0.25) is 0 Å². The van der Waals surface area contributed by atoms with E-state index in [4.69, 9.17) is 10.00 Å². The van der Waals surface area contributed by atoms with Crippen molar-refractivity contribution in [2.45, 2.75) is 32.4 Å². The Morgan fingerprint density at radius 2 is 2.21 bits per heavy atom. The van der Waals surface area contributed by atoms with Crippen LogP contribution < -0.4 is 10.1 Å². The maximum atomic E-state index is 9.85. The highest BCUT2D eigenvalue weighted by Gasteiger charge is 2.45. The molecule has 1 fully saturated rings. The average molecular weight is 260 g/mol. The van der Waals surface area contributed by atoms with Crippen LogP contribution >= 0.6 is 0 Å². The predicted molar refractivity (Wildman–Crippen MR) is 72.8 cm³/mol. The molecule has 0 bridgehead atoms. The van der Waals surface area contributed by atoms with Crippen molar-refractivity contribution in [3.8, 4) is 11.8 Å². The van der Waals surface area contributed by atoms with Crippen LogP contribution in [0.4, 0.5) is 0 Å². The van der Waals surface area contributed by atoms with E-state index in [9.17, 15) is 5.11 Å². The molecule has 102 valence electrons. The number of hydrogen-bond donors (Lipinski definition) is 2. The Labute approximate surface area is 114 Å². The van der Waals surface area contributed by atoms with E-state index in [2.05, 4.69) is 25.2 Å². The molecule has 2 N–H and O–H groups in total. The van der Waals surface area contributed by atoms with Crippen LogP contribution in [0.3, 0.4) is 0 Å². The van der Waals surface area contributed by atoms with Gasteiger partial charge in [-0.2, -0.15) is 5.26 Å². The minimum atomic E-state index is -0.567. The Morgan fingerprint density at radius 3 is 2.84 bits per heavy atom. The van der Waals surface area contributed by atoms with Crippen molar-refractivity contribution in [1.82, 2.24) is 5.32 Å². The third-order valence-electron chi connectivity index (χ3n) is 3.55. The number of hydrogen-bond acceptors (Lipinski definition) is 4. The third kappa shape index (κ3) is 3.69. The second kappa shape index (κ2) is 5.60. The Kier molecular flexibility index (Phi) is 4.08. The van der Waals surface area contributed by atoms with Crippen molar-refractivity contribution in [2.75, 3.05) is 13.2 Å². The quantitative estimate of drug-likeness (QED) is 0.817. The van der Waals surface area contributed by atoms with Gasteiger partial charge in [-0.05, 0) is 24.0 Å². The minimum absolute atomic E-state index is 0.193. The van der Waals surface area contributed by atoms with E-state index in [-0.39, 0.29) is 6.61 Å². The SMILES string of the molecule is CC1(C)CC1NCC(O)COc1ccccc1C#N. The van der Waals surface area contributed by atoms with Gasteiger partial charge >= 0.3 is 0 Å². The second-order valence-corrected chi connectivity index (χ2v) is 5.73. The smallest absolute Gasteiger partial charge is 0.137 e. The minimum Gasteiger partial charge on any atom is -0.489 e. The van der Waals surface area contributed by atoms with Crippen LogP contribution in [0.1, 0.15) is 25.8 Å². The number of nitrogens with one attached hydrogen (secondary N) is 1. The fourth-order valence-electron chi connectivity index (χ4n) is 2.02. The predicted octanol–water partition coefficient (Wildman–Crippen LogP) is 1.69. The molecule has 0 saturated heterocycles. The summed E-state index contributed by atoms with van der Waals surface area (Å²) < 4.78 is 5.48. The summed E-state index contributed by atoms with van der Waals surface area (Å²) in [6, 6.07) is 9.61. The van der Waals surface area contributed by atoms with Gasteiger partial charge in [0.25, 0.3) is 0 Å². The molecule has 19 heavy (non-hydrogen) atoms. The molecule has 0 radical (unpaired) electrons. The number of rotatable bonds is 6. The molecule has 0 aromatic heterocycles. The Hall–Kier alpha value is -1.57. The summed E-state index contributed by atoms with van der Waals surface area (Å²) in [6.07, 6.45) is 0.584. The molecule has 2 rings (SSSR count). The summed E-state index contributed by atoms with van der Waals surface area (Å²) in [6.45, 7) is 5.12. The van der Waals surface area contributed by atoms with Crippen molar-refractivity contribution in [3.63, 3.8) is 0 Å². The number of nitriles is 1. The van der Waals surface area contributed by atoms with Gasteiger partial charge in [0, 0.05) is 12.6 Å². The Balaban J connectivity index is 1.74. The fraction of sp³-hybridized carbons (Fsp3) is 0.533. The molecule has 0 aliphatic heterocycles. The van der Waals surface area contributed by atoms with E-state index in [0.29, 0.717) is 29.3 Å². The lowest BCUT2D eigenvalue weighted by Gasteiger charge is -2.14. The van der Waals surface area contributed by atoms with Gasteiger partial charge in [0.15, 0.2) is 0 Å². The van der Waals surface area contributed by atoms with Gasteiger partial charge in [-0.15, -0.1) is 0 Å². The van der Waals surface area contributed by atoms with Gasteiger partial charge in [-0.25, -0.2) is 0 Å². The number of ether oxygens (including phenoxy) is 1. The summed E-state index contributed by atoms with van der Waals surface area (Å²) in [5, 5.41) is 22.1. The number of para-hydroxylation sites is 1. The van der Waals surface area contributed by atoms with Gasteiger partial charge in [0.1, 0.15) is 24.5 Å². The van der Waals surface area contributed by atoms with E-state index >= 15 is 0 Å². The molecule has 1 aliphatic carbocycles. The first-order valence-corrected chi connectivity index (χ1v) is 6.56. The number of benzene rings is 1. The molecule has 0 amide bonds. The lowest BCUT2D eigenvalue weighted by atomic mass is 10.2. The standard InChI is InChI=1S/C15H20N2O2/c1-15(2)7-14(15)17-9-12(18)10-19-13-6-4-3-5-11(13)8-16/h3-6,12,14,17-18H,7,9-10H2,1-2H3. The molecule has 4 nitrogen and oxygen atoms in total. The van der Waals surface area contributed by atoms with Crippen molar-refractivity contribution in [3.05, 3.63) is 29.8 Å². The van der Waals surface area contributed by atoms with Crippen molar-refractivity contribution >= 4 is 0 Å². The molecule has 1 aromatic carbocycles. The fourth-order valence-corrected chi connectivity index (χ4v) is 2.02. The largest absolute Gasteiger partial charge is 0.489 e. The Bertz CT molecular complexity index is 479. The van der Waals surface area contributed by atoms with Gasteiger partial charge in [-0.1, -0.05) is 26.0 Å². The summed E-state index contributed by atoms with van der Waals surface area (Å²) in [5.74, 6) is 0.524. The summed E-state index contributed by atoms with van der Waals surface area (Å²) in [5.41, 5.74) is 0.847. The summed E-state index contributed by atoms with van der Waals surface area (Å²) in [4.78, 5) is 0. The average Bonchev–Trinajstić information content (AvgIpc) is 3.02. The molecule has 2 atom stereocenters. The Morgan fingerprint density at radius 1 is 1.53 bits per heavy atom. The molecule has 0 heterocycles. The topological polar surface area (TPSA) is 65.3 Å². The van der Waals surface area contributed by atoms with Gasteiger partial charge < -0.3 is 15.2 Å². The van der Waals surface area contributed by atoms with E-state index in [1.807, 2.05) is 6.07 Å². The first-order chi connectivity index (χ1) is 9.03. The van der Waals surface area contributed by atoms with E-state index < -0.39 is 6.10 Å². The molecule has 1 saturated carbocycles. The lowest BCUT2D eigenvalue weighted by molar-refractivity contribution is 0.105. The van der Waals surface area contributed by atoms with Crippen LogP contribution in [0, 0.1) is 16.7 Å². The molecule has 2 unspecified atom stereocenters. The normalized spacial score (nSPS) is 21.5. The van der Waals surface area contributed by atoms with Crippen molar-refractivity contribution in [2.24, 2.45) is 5.41 Å². The van der Waals surface area contributed by atoms with Crippen molar-refractivity contribution in [1.29, 1.82) is 5.26 Å². The molecule has 1 aromatic rings. The number of nitrogens with zero attached hydrogens (tertiary/aromatic N) is 1. The van der Waals surface area contributed by atoms with Crippen LogP contribution in [-0.2, 0) is 0 Å². The van der Waals surface area contributed by atoms with E-state index in [0.717, 1.165) is 6.42 Å².